The predicted molar refractivity (Wildman–Crippen MR) is 112 cm³/mol. The van der Waals surface area contributed by atoms with Crippen molar-refractivity contribution in [1.82, 2.24) is 19.8 Å². The first kappa shape index (κ1) is 22.5. The summed E-state index contributed by atoms with van der Waals surface area (Å²) in [6, 6.07) is 4.70. The Kier molecular flexibility index (Phi) is 6.61. The number of anilines is 1. The quantitative estimate of drug-likeness (QED) is 0.772. The number of alkyl halides is 3. The molecule has 1 atom stereocenters. The molecule has 2 N–H and O–H groups in total. The number of nitrogen functional groups attached to an aromatic ring is 1. The molecular formula is C22H26F3N5O2. The van der Waals surface area contributed by atoms with E-state index in [-0.39, 0.29) is 24.4 Å². The molecule has 2 aliphatic heterocycles. The number of rotatable bonds is 4. The molecule has 3 heterocycles. The summed E-state index contributed by atoms with van der Waals surface area (Å²) in [5.74, 6) is 0.00523. The highest BCUT2D eigenvalue weighted by Gasteiger charge is 2.34. The van der Waals surface area contributed by atoms with Crippen molar-refractivity contribution >= 4 is 11.9 Å². The number of benzene rings is 1. The lowest BCUT2D eigenvalue weighted by Gasteiger charge is -2.38. The summed E-state index contributed by atoms with van der Waals surface area (Å²) < 4.78 is 45.2. The minimum atomic E-state index is -4.46. The lowest BCUT2D eigenvalue weighted by Crippen LogP contribution is -2.47. The van der Waals surface area contributed by atoms with Crippen molar-refractivity contribution in [3.63, 3.8) is 0 Å². The van der Waals surface area contributed by atoms with Crippen molar-refractivity contribution in [1.29, 1.82) is 0 Å². The largest absolute Gasteiger partial charge is 0.416 e. The van der Waals surface area contributed by atoms with Crippen molar-refractivity contribution in [3.8, 4) is 11.1 Å². The van der Waals surface area contributed by atoms with Crippen LogP contribution in [0.3, 0.4) is 0 Å². The smallest absolute Gasteiger partial charge is 0.379 e. The fourth-order valence-corrected chi connectivity index (χ4v) is 4.30. The molecule has 10 heteroatoms. The second-order valence-electron chi connectivity index (χ2n) is 8.09. The molecule has 1 aromatic carbocycles. The standard InChI is InChI=1S/C22H26F3N5O2/c23-22(24,25)16-5-3-4-15(12-16)17-13-27-21(26)28-20(17)18-6-1-2-7-30(18)19(31)14-29-8-10-32-11-9-29/h3-5,12-13,18H,1-2,6-11,14H2,(H2,26,27,28)/t18-/m0/s1. The number of ether oxygens (including phenoxy) is 1. The van der Waals surface area contributed by atoms with E-state index in [0.29, 0.717) is 56.1 Å². The van der Waals surface area contributed by atoms with Crippen LogP contribution in [0.5, 0.6) is 0 Å². The first-order valence-corrected chi connectivity index (χ1v) is 10.7. The van der Waals surface area contributed by atoms with Crippen LogP contribution < -0.4 is 5.73 Å². The van der Waals surface area contributed by atoms with Crippen LogP contribution in [0.25, 0.3) is 11.1 Å². The fourth-order valence-electron chi connectivity index (χ4n) is 4.30. The molecule has 32 heavy (non-hydrogen) atoms. The summed E-state index contributed by atoms with van der Waals surface area (Å²) in [4.78, 5) is 25.5. The molecule has 1 aromatic heterocycles. The van der Waals surface area contributed by atoms with Gasteiger partial charge in [-0.2, -0.15) is 13.2 Å². The minimum Gasteiger partial charge on any atom is -0.379 e. The minimum absolute atomic E-state index is 0.0243. The Hall–Kier alpha value is -2.72. The Balaban J connectivity index is 1.67. The molecule has 172 valence electrons. The number of hydrogen-bond donors (Lipinski definition) is 1. The molecule has 0 aliphatic carbocycles. The van der Waals surface area contributed by atoms with E-state index in [2.05, 4.69) is 14.9 Å². The highest BCUT2D eigenvalue weighted by Crippen LogP contribution is 2.38. The molecule has 0 unspecified atom stereocenters. The average Bonchev–Trinajstić information content (AvgIpc) is 2.79. The van der Waals surface area contributed by atoms with E-state index in [1.54, 1.807) is 11.0 Å². The van der Waals surface area contributed by atoms with Crippen molar-refractivity contribution in [3.05, 3.63) is 41.7 Å². The van der Waals surface area contributed by atoms with Gasteiger partial charge in [-0.1, -0.05) is 12.1 Å². The number of carbonyl (C=O) groups excluding carboxylic acids is 1. The highest BCUT2D eigenvalue weighted by molar-refractivity contribution is 5.79. The number of nitrogens with two attached hydrogens (primary N) is 1. The third-order valence-corrected chi connectivity index (χ3v) is 5.94. The van der Waals surface area contributed by atoms with Gasteiger partial charge in [0.25, 0.3) is 0 Å². The number of likely N-dealkylation sites (tertiary alicyclic amines) is 1. The van der Waals surface area contributed by atoms with E-state index in [1.165, 1.54) is 12.3 Å². The van der Waals surface area contributed by atoms with Crippen molar-refractivity contribution in [2.24, 2.45) is 0 Å². The first-order chi connectivity index (χ1) is 15.3. The Morgan fingerprint density at radius 3 is 2.72 bits per heavy atom. The number of morpholine rings is 1. The van der Waals surface area contributed by atoms with E-state index in [1.807, 2.05) is 0 Å². The zero-order valence-corrected chi connectivity index (χ0v) is 17.6. The van der Waals surface area contributed by atoms with E-state index < -0.39 is 11.7 Å². The molecule has 1 amide bonds. The Bertz CT molecular complexity index is 963. The number of carbonyl (C=O) groups is 1. The Morgan fingerprint density at radius 1 is 1.19 bits per heavy atom. The van der Waals surface area contributed by atoms with E-state index in [0.717, 1.165) is 25.0 Å². The molecule has 2 aromatic rings. The summed E-state index contributed by atoms with van der Waals surface area (Å²) in [5.41, 5.74) is 6.41. The van der Waals surface area contributed by atoms with Crippen molar-refractivity contribution in [2.75, 3.05) is 45.1 Å². The number of aromatic nitrogens is 2. The van der Waals surface area contributed by atoms with Gasteiger partial charge in [0.1, 0.15) is 0 Å². The monoisotopic (exact) mass is 449 g/mol. The van der Waals surface area contributed by atoms with Gasteiger partial charge >= 0.3 is 6.18 Å². The van der Waals surface area contributed by atoms with Gasteiger partial charge in [-0.15, -0.1) is 0 Å². The van der Waals surface area contributed by atoms with Gasteiger partial charge in [-0.3, -0.25) is 9.69 Å². The van der Waals surface area contributed by atoms with Gasteiger partial charge in [-0.25, -0.2) is 9.97 Å². The van der Waals surface area contributed by atoms with Crippen LogP contribution in [0.1, 0.15) is 36.6 Å². The molecular weight excluding hydrogens is 423 g/mol. The van der Waals surface area contributed by atoms with Crippen molar-refractivity contribution in [2.45, 2.75) is 31.5 Å². The van der Waals surface area contributed by atoms with Crippen LogP contribution in [-0.2, 0) is 15.7 Å². The number of nitrogens with zero attached hydrogens (tertiary/aromatic N) is 4. The molecule has 0 bridgehead atoms. The molecule has 2 fully saturated rings. The Morgan fingerprint density at radius 2 is 1.97 bits per heavy atom. The summed E-state index contributed by atoms with van der Waals surface area (Å²) in [6.45, 7) is 3.43. The summed E-state index contributed by atoms with van der Waals surface area (Å²) in [7, 11) is 0. The Labute approximate surface area is 184 Å². The zero-order valence-electron chi connectivity index (χ0n) is 17.6. The SMILES string of the molecule is Nc1ncc(-c2cccc(C(F)(F)F)c2)c([C@@H]2CCCCN2C(=O)CN2CCOCC2)n1. The normalized spacial score (nSPS) is 20.3. The predicted octanol–water partition coefficient (Wildman–Crippen LogP) is 3.13. The van der Waals surface area contributed by atoms with E-state index in [9.17, 15) is 18.0 Å². The fraction of sp³-hybridized carbons (Fsp3) is 0.500. The van der Waals surface area contributed by atoms with Crippen LogP contribution in [0, 0.1) is 0 Å². The maximum absolute atomic E-state index is 13.3. The number of piperidine rings is 1. The summed E-state index contributed by atoms with van der Waals surface area (Å²) in [6.07, 6.45) is -0.595. The van der Waals surface area contributed by atoms with E-state index >= 15 is 0 Å². The van der Waals surface area contributed by atoms with Gasteiger partial charge in [0.15, 0.2) is 0 Å². The molecule has 0 saturated carbocycles. The molecule has 2 aliphatic rings. The van der Waals surface area contributed by atoms with Crippen molar-refractivity contribution < 1.29 is 22.7 Å². The van der Waals surface area contributed by atoms with Crippen LogP contribution in [0.2, 0.25) is 0 Å². The lowest BCUT2D eigenvalue weighted by molar-refractivity contribution is -0.138. The van der Waals surface area contributed by atoms with Crippen LogP contribution >= 0.6 is 0 Å². The summed E-state index contributed by atoms with van der Waals surface area (Å²) >= 11 is 0. The third kappa shape index (κ3) is 5.02. The number of hydrogen-bond acceptors (Lipinski definition) is 6. The third-order valence-electron chi connectivity index (χ3n) is 5.94. The topological polar surface area (TPSA) is 84.6 Å². The first-order valence-electron chi connectivity index (χ1n) is 10.7. The van der Waals surface area contributed by atoms with Gasteiger partial charge in [0.2, 0.25) is 11.9 Å². The highest BCUT2D eigenvalue weighted by atomic mass is 19.4. The molecule has 7 nitrogen and oxygen atoms in total. The summed E-state index contributed by atoms with van der Waals surface area (Å²) in [5, 5.41) is 0. The molecule has 0 radical (unpaired) electrons. The molecule has 2 saturated heterocycles. The van der Waals surface area contributed by atoms with Crippen LogP contribution in [-0.4, -0.2) is 65.1 Å². The van der Waals surface area contributed by atoms with Gasteiger partial charge < -0.3 is 15.4 Å². The average molecular weight is 449 g/mol. The second-order valence-corrected chi connectivity index (χ2v) is 8.09. The van der Waals surface area contributed by atoms with Gasteiger partial charge in [-0.05, 0) is 37.0 Å². The second kappa shape index (κ2) is 9.41. The maximum Gasteiger partial charge on any atom is 0.416 e. The van der Waals surface area contributed by atoms with Gasteiger partial charge in [0.05, 0.1) is 37.1 Å². The van der Waals surface area contributed by atoms with E-state index in [4.69, 9.17) is 10.5 Å². The van der Waals surface area contributed by atoms with Crippen LogP contribution in [0.4, 0.5) is 19.1 Å². The number of halogens is 3. The van der Waals surface area contributed by atoms with Gasteiger partial charge in [0, 0.05) is 31.4 Å². The maximum atomic E-state index is 13.3. The zero-order chi connectivity index (χ0) is 22.7. The number of amides is 1. The van der Waals surface area contributed by atoms with Crippen LogP contribution in [0.15, 0.2) is 30.5 Å². The molecule has 4 rings (SSSR count). The molecule has 0 spiro atoms. The lowest BCUT2D eigenvalue weighted by atomic mass is 9.93.